The molecule has 3 rings (SSSR count). The highest BCUT2D eigenvalue weighted by Gasteiger charge is 2.39. The summed E-state index contributed by atoms with van der Waals surface area (Å²) in [5.41, 5.74) is 0.945. The molecule has 0 heterocycles. The van der Waals surface area contributed by atoms with E-state index in [0.29, 0.717) is 0 Å². The van der Waals surface area contributed by atoms with Gasteiger partial charge in [-0.05, 0) is 49.8 Å². The van der Waals surface area contributed by atoms with Crippen molar-refractivity contribution in [1.82, 2.24) is 10.6 Å². The van der Waals surface area contributed by atoms with E-state index < -0.39 is 0 Å². The van der Waals surface area contributed by atoms with Crippen LogP contribution in [-0.2, 0) is 0 Å². The number of halogens is 1. The molecule has 1 aromatic rings. The maximum Gasteiger partial charge on any atom is 0.315 e. The van der Waals surface area contributed by atoms with Crippen LogP contribution in [0.3, 0.4) is 0 Å². The Bertz CT molecular complexity index is 515. The molecule has 0 aliphatic heterocycles. The molecular formula is C16H21FN2O2. The minimum absolute atomic E-state index is 0.0981. The van der Waals surface area contributed by atoms with Gasteiger partial charge in [0.05, 0.1) is 6.10 Å². The molecule has 0 bridgehead atoms. The Kier molecular flexibility index (Phi) is 4.10. The van der Waals surface area contributed by atoms with Crippen molar-refractivity contribution in [2.75, 3.05) is 0 Å². The molecule has 5 heteroatoms. The average Bonchev–Trinajstić information content (AvgIpc) is 3.20. The Morgan fingerprint density at radius 1 is 1.19 bits per heavy atom. The fourth-order valence-corrected chi connectivity index (χ4v) is 3.08. The van der Waals surface area contributed by atoms with Crippen LogP contribution in [-0.4, -0.2) is 29.3 Å². The summed E-state index contributed by atoms with van der Waals surface area (Å²) in [6.07, 6.45) is 3.80. The molecule has 0 saturated heterocycles. The third-order valence-electron chi connectivity index (χ3n) is 4.42. The predicted molar refractivity (Wildman–Crippen MR) is 77.5 cm³/mol. The van der Waals surface area contributed by atoms with Gasteiger partial charge in [0.15, 0.2) is 0 Å². The number of carbonyl (C=O) groups excluding carboxylic acids is 1. The summed E-state index contributed by atoms with van der Waals surface area (Å²) in [6.45, 7) is 0. The number of urea groups is 1. The predicted octanol–water partition coefficient (Wildman–Crippen LogP) is 2.28. The Morgan fingerprint density at radius 3 is 2.67 bits per heavy atom. The maximum atomic E-state index is 13.2. The number of carbonyl (C=O) groups is 1. The third-order valence-corrected chi connectivity index (χ3v) is 4.42. The molecule has 21 heavy (non-hydrogen) atoms. The van der Waals surface area contributed by atoms with E-state index in [4.69, 9.17) is 0 Å². The lowest BCUT2D eigenvalue weighted by atomic mass is 9.93. The minimum atomic E-state index is -0.233. The molecule has 2 fully saturated rings. The van der Waals surface area contributed by atoms with E-state index in [1.807, 2.05) is 6.07 Å². The van der Waals surface area contributed by atoms with Crippen LogP contribution in [0.1, 0.15) is 43.6 Å². The minimum Gasteiger partial charge on any atom is -0.393 e. The van der Waals surface area contributed by atoms with Crippen molar-refractivity contribution in [3.8, 4) is 0 Å². The molecule has 2 saturated carbocycles. The first-order valence-electron chi connectivity index (χ1n) is 7.62. The first-order valence-corrected chi connectivity index (χ1v) is 7.62. The molecule has 1 aromatic carbocycles. The molecule has 114 valence electrons. The van der Waals surface area contributed by atoms with Gasteiger partial charge in [-0.3, -0.25) is 0 Å². The highest BCUT2D eigenvalue weighted by atomic mass is 19.1. The molecule has 2 unspecified atom stereocenters. The van der Waals surface area contributed by atoms with Gasteiger partial charge in [-0.2, -0.15) is 0 Å². The first kappa shape index (κ1) is 14.3. The zero-order valence-corrected chi connectivity index (χ0v) is 11.9. The summed E-state index contributed by atoms with van der Waals surface area (Å²) in [5, 5.41) is 15.3. The van der Waals surface area contributed by atoms with Gasteiger partial charge < -0.3 is 15.7 Å². The van der Waals surface area contributed by atoms with Crippen molar-refractivity contribution < 1.29 is 14.3 Å². The quantitative estimate of drug-likeness (QED) is 0.800. The Balaban J connectivity index is 1.44. The molecule has 2 aliphatic rings. The molecule has 2 amide bonds. The van der Waals surface area contributed by atoms with Crippen LogP contribution in [0.2, 0.25) is 0 Å². The zero-order valence-electron chi connectivity index (χ0n) is 11.9. The van der Waals surface area contributed by atoms with Crippen molar-refractivity contribution in [3.05, 3.63) is 35.6 Å². The molecule has 3 N–H and O–H groups in total. The van der Waals surface area contributed by atoms with Crippen molar-refractivity contribution >= 4 is 6.03 Å². The second-order valence-corrected chi connectivity index (χ2v) is 6.13. The number of hydrogen-bond acceptors (Lipinski definition) is 2. The van der Waals surface area contributed by atoms with Gasteiger partial charge in [0.2, 0.25) is 0 Å². The van der Waals surface area contributed by atoms with Crippen LogP contribution in [0.15, 0.2) is 24.3 Å². The normalized spacial score (nSPS) is 31.5. The Morgan fingerprint density at radius 2 is 1.95 bits per heavy atom. The average molecular weight is 292 g/mol. The van der Waals surface area contributed by atoms with Crippen molar-refractivity contribution in [1.29, 1.82) is 0 Å². The van der Waals surface area contributed by atoms with Crippen molar-refractivity contribution in [2.24, 2.45) is 0 Å². The van der Waals surface area contributed by atoms with E-state index in [-0.39, 0.29) is 36.0 Å². The summed E-state index contributed by atoms with van der Waals surface area (Å²) in [6, 6.07) is 6.66. The summed E-state index contributed by atoms with van der Waals surface area (Å²) in [4.78, 5) is 11.9. The maximum absolute atomic E-state index is 13.2. The van der Waals surface area contributed by atoms with Gasteiger partial charge in [0, 0.05) is 18.0 Å². The lowest BCUT2D eigenvalue weighted by molar-refractivity contribution is 0.117. The lowest BCUT2D eigenvalue weighted by Gasteiger charge is -2.26. The van der Waals surface area contributed by atoms with Crippen LogP contribution in [0.5, 0.6) is 0 Å². The van der Waals surface area contributed by atoms with Gasteiger partial charge in [0.1, 0.15) is 5.82 Å². The molecule has 0 spiro atoms. The number of rotatable bonds is 3. The molecule has 0 aromatic heterocycles. The van der Waals surface area contributed by atoms with Gasteiger partial charge in [0.25, 0.3) is 0 Å². The van der Waals surface area contributed by atoms with Crippen LogP contribution in [0, 0.1) is 5.82 Å². The Labute approximate surface area is 123 Å². The number of nitrogens with one attached hydrogen (secondary N) is 2. The van der Waals surface area contributed by atoms with Crippen LogP contribution in [0.25, 0.3) is 0 Å². The summed E-state index contributed by atoms with van der Waals surface area (Å²) < 4.78 is 13.2. The SMILES string of the molecule is O=C(NC1CCC(O)CC1)NC1CC1c1cccc(F)c1. The number of aliphatic hydroxyl groups is 1. The molecule has 2 atom stereocenters. The summed E-state index contributed by atoms with van der Waals surface area (Å²) >= 11 is 0. The van der Waals surface area contributed by atoms with E-state index >= 15 is 0 Å². The van der Waals surface area contributed by atoms with Crippen LogP contribution in [0.4, 0.5) is 9.18 Å². The summed E-state index contributed by atoms with van der Waals surface area (Å²) in [7, 11) is 0. The smallest absolute Gasteiger partial charge is 0.315 e. The van der Waals surface area contributed by atoms with Crippen molar-refractivity contribution in [3.63, 3.8) is 0 Å². The molecule has 0 radical (unpaired) electrons. The van der Waals surface area contributed by atoms with Crippen molar-refractivity contribution in [2.45, 2.75) is 56.2 Å². The number of hydrogen-bond donors (Lipinski definition) is 3. The van der Waals surface area contributed by atoms with Gasteiger partial charge >= 0.3 is 6.03 Å². The first-order chi connectivity index (χ1) is 10.1. The van der Waals surface area contributed by atoms with Crippen LogP contribution >= 0.6 is 0 Å². The highest BCUT2D eigenvalue weighted by Crippen LogP contribution is 2.40. The topological polar surface area (TPSA) is 61.4 Å². The monoisotopic (exact) mass is 292 g/mol. The molecule has 2 aliphatic carbocycles. The van der Waals surface area contributed by atoms with E-state index in [1.165, 1.54) is 12.1 Å². The standard InChI is InChI=1S/C16H21FN2O2/c17-11-3-1-2-10(8-11)14-9-15(14)19-16(21)18-12-4-6-13(20)7-5-12/h1-3,8,12-15,20H,4-7,9H2,(H2,18,19,21). The number of benzene rings is 1. The summed E-state index contributed by atoms with van der Waals surface area (Å²) in [5.74, 6) is -0.0111. The largest absolute Gasteiger partial charge is 0.393 e. The fraction of sp³-hybridized carbons (Fsp3) is 0.562. The van der Waals surface area contributed by atoms with E-state index in [2.05, 4.69) is 10.6 Å². The van der Waals surface area contributed by atoms with Crippen LogP contribution < -0.4 is 10.6 Å². The zero-order chi connectivity index (χ0) is 14.8. The second-order valence-electron chi connectivity index (χ2n) is 6.13. The van der Waals surface area contributed by atoms with E-state index in [0.717, 1.165) is 37.7 Å². The molecular weight excluding hydrogens is 271 g/mol. The van der Waals surface area contributed by atoms with Gasteiger partial charge in [-0.15, -0.1) is 0 Å². The lowest BCUT2D eigenvalue weighted by Crippen LogP contribution is -2.45. The Hall–Kier alpha value is -1.62. The van der Waals surface area contributed by atoms with E-state index in [1.54, 1.807) is 6.07 Å². The third kappa shape index (κ3) is 3.73. The number of aliphatic hydroxyl groups excluding tert-OH is 1. The van der Waals surface area contributed by atoms with Gasteiger partial charge in [-0.1, -0.05) is 12.1 Å². The highest BCUT2D eigenvalue weighted by molar-refractivity contribution is 5.75. The number of amides is 2. The van der Waals surface area contributed by atoms with E-state index in [9.17, 15) is 14.3 Å². The van der Waals surface area contributed by atoms with Gasteiger partial charge in [-0.25, -0.2) is 9.18 Å². The molecule has 4 nitrogen and oxygen atoms in total. The fourth-order valence-electron chi connectivity index (χ4n) is 3.08. The second kappa shape index (κ2) is 6.02.